The summed E-state index contributed by atoms with van der Waals surface area (Å²) in [6, 6.07) is 18.4. The molecule has 0 saturated carbocycles. The Morgan fingerprint density at radius 1 is 1.00 bits per heavy atom. The van der Waals surface area contributed by atoms with E-state index < -0.39 is 0 Å². The number of benzene rings is 2. The van der Waals surface area contributed by atoms with Crippen LogP contribution in [0.3, 0.4) is 0 Å². The summed E-state index contributed by atoms with van der Waals surface area (Å²) in [6.45, 7) is 7.30. The molecule has 5 heteroatoms. The van der Waals surface area contributed by atoms with Gasteiger partial charge in [-0.1, -0.05) is 50.2 Å². The number of nitrogens with zero attached hydrogens (tertiary/aromatic N) is 2. The van der Waals surface area contributed by atoms with Gasteiger partial charge in [0.2, 0.25) is 5.95 Å². The summed E-state index contributed by atoms with van der Waals surface area (Å²) in [5.41, 5.74) is 5.49. The zero-order valence-corrected chi connectivity index (χ0v) is 16.7. The molecule has 3 N–H and O–H groups in total. The number of aliphatic hydroxyl groups is 1. The number of aromatic nitrogens is 2. The van der Waals surface area contributed by atoms with Crippen LogP contribution in [0.5, 0.6) is 0 Å². The summed E-state index contributed by atoms with van der Waals surface area (Å²) >= 11 is 0. The smallest absolute Gasteiger partial charge is 0.225 e. The Morgan fingerprint density at radius 2 is 1.79 bits per heavy atom. The molecule has 146 valence electrons. The van der Waals surface area contributed by atoms with Gasteiger partial charge in [-0.05, 0) is 42.5 Å². The summed E-state index contributed by atoms with van der Waals surface area (Å²) < 4.78 is 0. The zero-order chi connectivity index (χ0) is 19.9. The molecule has 5 nitrogen and oxygen atoms in total. The minimum absolute atomic E-state index is 0.137. The fraction of sp³-hybridized carbons (Fsp3) is 0.304. The van der Waals surface area contributed by atoms with Crippen molar-refractivity contribution in [1.29, 1.82) is 0 Å². The highest BCUT2D eigenvalue weighted by atomic mass is 16.3. The van der Waals surface area contributed by atoms with E-state index in [9.17, 15) is 0 Å². The lowest BCUT2D eigenvalue weighted by Gasteiger charge is -2.14. The van der Waals surface area contributed by atoms with Crippen LogP contribution in [0.25, 0.3) is 11.3 Å². The van der Waals surface area contributed by atoms with Crippen LogP contribution in [-0.4, -0.2) is 28.2 Å². The van der Waals surface area contributed by atoms with Crippen LogP contribution in [0.2, 0.25) is 0 Å². The van der Waals surface area contributed by atoms with Gasteiger partial charge >= 0.3 is 0 Å². The molecule has 28 heavy (non-hydrogen) atoms. The van der Waals surface area contributed by atoms with E-state index in [0.29, 0.717) is 24.8 Å². The number of hydrogen-bond donors (Lipinski definition) is 3. The molecule has 1 aromatic heterocycles. The average molecular weight is 377 g/mol. The SMILES string of the molecule is Cc1cc(Nc2cc(-c3ccccc3)nc(NCCCO)n2)ccc1C(C)C. The molecule has 0 aliphatic carbocycles. The van der Waals surface area contributed by atoms with Crippen LogP contribution in [-0.2, 0) is 0 Å². The molecule has 0 fully saturated rings. The molecule has 0 radical (unpaired) electrons. The predicted octanol–water partition coefficient (Wildman–Crippen LogP) is 5.11. The standard InChI is InChI=1S/C23H28N4O/c1-16(2)20-11-10-19(14-17(20)3)25-22-15-21(18-8-5-4-6-9-18)26-23(27-22)24-12-7-13-28/h4-6,8-11,14-16,28H,7,12-13H2,1-3H3,(H2,24,25,26,27). The minimum atomic E-state index is 0.137. The Bertz CT molecular complexity index is 910. The molecular weight excluding hydrogens is 348 g/mol. The summed E-state index contributed by atoms with van der Waals surface area (Å²) in [4.78, 5) is 9.23. The molecule has 0 bridgehead atoms. The molecule has 2 aromatic carbocycles. The molecule has 0 aliphatic rings. The van der Waals surface area contributed by atoms with Gasteiger partial charge in [-0.25, -0.2) is 4.98 Å². The molecule has 0 unspecified atom stereocenters. The lowest BCUT2D eigenvalue weighted by Crippen LogP contribution is -2.08. The number of aliphatic hydroxyl groups excluding tert-OH is 1. The second-order valence-corrected chi connectivity index (χ2v) is 7.18. The van der Waals surface area contributed by atoms with Gasteiger partial charge in [0.1, 0.15) is 5.82 Å². The molecular formula is C23H28N4O. The summed E-state index contributed by atoms with van der Waals surface area (Å²) in [6.07, 6.45) is 0.650. The topological polar surface area (TPSA) is 70.1 Å². The normalized spacial score (nSPS) is 10.9. The molecule has 0 aliphatic heterocycles. The van der Waals surface area contributed by atoms with Crippen molar-refractivity contribution in [1.82, 2.24) is 9.97 Å². The lowest BCUT2D eigenvalue weighted by atomic mass is 9.98. The van der Waals surface area contributed by atoms with Gasteiger partial charge in [-0.3, -0.25) is 0 Å². The van der Waals surface area contributed by atoms with Crippen molar-refractivity contribution in [3.63, 3.8) is 0 Å². The summed E-state index contributed by atoms with van der Waals surface area (Å²) in [5, 5.41) is 15.6. The van der Waals surface area contributed by atoms with Crippen LogP contribution in [0.4, 0.5) is 17.5 Å². The monoisotopic (exact) mass is 376 g/mol. The Kier molecular flexibility index (Phi) is 6.61. The van der Waals surface area contributed by atoms with E-state index in [1.807, 2.05) is 36.4 Å². The highest BCUT2D eigenvalue weighted by molar-refractivity contribution is 5.67. The van der Waals surface area contributed by atoms with E-state index in [0.717, 1.165) is 22.8 Å². The minimum Gasteiger partial charge on any atom is -0.396 e. The average Bonchev–Trinajstić information content (AvgIpc) is 2.68. The summed E-state index contributed by atoms with van der Waals surface area (Å²) in [5.74, 6) is 1.78. The molecule has 3 rings (SSSR count). The Hall–Kier alpha value is -2.92. The van der Waals surface area contributed by atoms with E-state index in [1.54, 1.807) is 0 Å². The van der Waals surface area contributed by atoms with Gasteiger partial charge in [-0.15, -0.1) is 0 Å². The Balaban J connectivity index is 1.90. The van der Waals surface area contributed by atoms with Crippen LogP contribution in [0, 0.1) is 6.92 Å². The van der Waals surface area contributed by atoms with E-state index >= 15 is 0 Å². The third-order valence-electron chi connectivity index (χ3n) is 4.58. The van der Waals surface area contributed by atoms with Gasteiger partial charge in [0.25, 0.3) is 0 Å². The van der Waals surface area contributed by atoms with E-state index in [1.165, 1.54) is 11.1 Å². The van der Waals surface area contributed by atoms with Crippen molar-refractivity contribution >= 4 is 17.5 Å². The Labute approximate surface area is 166 Å². The number of anilines is 3. The van der Waals surface area contributed by atoms with E-state index in [-0.39, 0.29) is 6.61 Å². The van der Waals surface area contributed by atoms with Crippen LogP contribution >= 0.6 is 0 Å². The first-order valence-electron chi connectivity index (χ1n) is 9.73. The first-order valence-corrected chi connectivity index (χ1v) is 9.73. The van der Waals surface area contributed by atoms with Crippen LogP contribution < -0.4 is 10.6 Å². The van der Waals surface area contributed by atoms with Crippen molar-refractivity contribution in [3.8, 4) is 11.3 Å². The number of rotatable bonds is 8. The zero-order valence-electron chi connectivity index (χ0n) is 16.7. The number of nitrogens with one attached hydrogen (secondary N) is 2. The van der Waals surface area contributed by atoms with Gasteiger partial charge in [-0.2, -0.15) is 4.98 Å². The third-order valence-corrected chi connectivity index (χ3v) is 4.58. The molecule has 1 heterocycles. The molecule has 0 amide bonds. The highest BCUT2D eigenvalue weighted by Crippen LogP contribution is 2.26. The Morgan fingerprint density at radius 3 is 2.46 bits per heavy atom. The largest absolute Gasteiger partial charge is 0.396 e. The maximum Gasteiger partial charge on any atom is 0.225 e. The van der Waals surface area contributed by atoms with Crippen LogP contribution in [0.1, 0.15) is 37.3 Å². The fourth-order valence-corrected chi connectivity index (χ4v) is 3.18. The van der Waals surface area contributed by atoms with Gasteiger partial charge in [0.05, 0.1) is 5.69 Å². The lowest BCUT2D eigenvalue weighted by molar-refractivity contribution is 0.292. The quantitative estimate of drug-likeness (QED) is 0.476. The highest BCUT2D eigenvalue weighted by Gasteiger charge is 2.09. The maximum absolute atomic E-state index is 9.02. The predicted molar refractivity (Wildman–Crippen MR) is 116 cm³/mol. The van der Waals surface area contributed by atoms with Gasteiger partial charge < -0.3 is 15.7 Å². The molecule has 0 spiro atoms. The second-order valence-electron chi connectivity index (χ2n) is 7.18. The maximum atomic E-state index is 9.02. The van der Waals surface area contributed by atoms with Crippen molar-refractivity contribution in [2.45, 2.75) is 33.1 Å². The van der Waals surface area contributed by atoms with Crippen molar-refractivity contribution in [2.75, 3.05) is 23.8 Å². The third kappa shape index (κ3) is 5.08. The van der Waals surface area contributed by atoms with Crippen LogP contribution in [0.15, 0.2) is 54.6 Å². The molecule has 0 atom stereocenters. The van der Waals surface area contributed by atoms with Gasteiger partial charge in [0.15, 0.2) is 0 Å². The first kappa shape index (κ1) is 19.8. The van der Waals surface area contributed by atoms with E-state index in [2.05, 4.69) is 59.6 Å². The first-order chi connectivity index (χ1) is 13.6. The summed E-state index contributed by atoms with van der Waals surface area (Å²) in [7, 11) is 0. The van der Waals surface area contributed by atoms with Gasteiger partial charge in [0, 0.05) is 30.5 Å². The van der Waals surface area contributed by atoms with E-state index in [4.69, 9.17) is 5.11 Å². The van der Waals surface area contributed by atoms with Crippen molar-refractivity contribution in [3.05, 3.63) is 65.7 Å². The van der Waals surface area contributed by atoms with Crippen molar-refractivity contribution in [2.24, 2.45) is 0 Å². The fourth-order valence-electron chi connectivity index (χ4n) is 3.18. The number of hydrogen-bond acceptors (Lipinski definition) is 5. The second kappa shape index (κ2) is 9.33. The molecule has 0 saturated heterocycles. The molecule has 3 aromatic rings. The van der Waals surface area contributed by atoms with Crippen molar-refractivity contribution < 1.29 is 5.11 Å². The number of aryl methyl sites for hydroxylation is 1.